The van der Waals surface area contributed by atoms with Crippen molar-refractivity contribution in [3.05, 3.63) is 23.2 Å². The molecule has 0 atom stereocenters. The zero-order valence-electron chi connectivity index (χ0n) is 10.7. The van der Waals surface area contributed by atoms with E-state index in [9.17, 15) is 4.79 Å². The maximum absolute atomic E-state index is 11.0. The molecule has 0 saturated heterocycles. The maximum atomic E-state index is 11.0. The van der Waals surface area contributed by atoms with Gasteiger partial charge in [0.15, 0.2) is 12.0 Å². The van der Waals surface area contributed by atoms with E-state index in [1.807, 2.05) is 6.20 Å². The SMILES string of the molecule is CCCCNC1=CNCC(C=O)=C1OCCC. The molecule has 0 aromatic rings. The summed E-state index contributed by atoms with van der Waals surface area (Å²) in [6.45, 7) is 6.28. The van der Waals surface area contributed by atoms with Crippen LogP contribution in [0.15, 0.2) is 23.2 Å². The van der Waals surface area contributed by atoms with E-state index in [0.717, 1.165) is 37.8 Å². The molecule has 4 heteroatoms. The lowest BCUT2D eigenvalue weighted by atomic mass is 10.1. The van der Waals surface area contributed by atoms with Crippen LogP contribution in [0.25, 0.3) is 0 Å². The molecular formula is C13H22N2O2. The van der Waals surface area contributed by atoms with Crippen LogP contribution >= 0.6 is 0 Å². The summed E-state index contributed by atoms with van der Waals surface area (Å²) < 4.78 is 5.66. The van der Waals surface area contributed by atoms with Crippen LogP contribution in [0, 0.1) is 0 Å². The number of ether oxygens (including phenoxy) is 1. The average molecular weight is 238 g/mol. The van der Waals surface area contributed by atoms with Crippen LogP contribution < -0.4 is 10.6 Å². The minimum absolute atomic E-state index is 0.543. The van der Waals surface area contributed by atoms with Crippen molar-refractivity contribution in [1.82, 2.24) is 10.6 Å². The van der Waals surface area contributed by atoms with Crippen molar-refractivity contribution >= 4 is 6.29 Å². The summed E-state index contributed by atoms with van der Waals surface area (Å²) >= 11 is 0. The summed E-state index contributed by atoms with van der Waals surface area (Å²) in [5, 5.41) is 6.38. The molecule has 1 aliphatic heterocycles. The highest BCUT2D eigenvalue weighted by Crippen LogP contribution is 2.16. The first kappa shape index (κ1) is 13.6. The molecule has 96 valence electrons. The fourth-order valence-corrected chi connectivity index (χ4v) is 1.58. The molecule has 0 aromatic carbocycles. The molecule has 1 heterocycles. The Morgan fingerprint density at radius 1 is 1.47 bits per heavy atom. The lowest BCUT2D eigenvalue weighted by Crippen LogP contribution is -2.28. The normalized spacial score (nSPS) is 15.1. The third-order valence-electron chi connectivity index (χ3n) is 2.51. The van der Waals surface area contributed by atoms with Gasteiger partial charge in [-0.2, -0.15) is 0 Å². The molecule has 1 aliphatic rings. The fraction of sp³-hybridized carbons (Fsp3) is 0.615. The molecule has 2 N–H and O–H groups in total. The summed E-state index contributed by atoms with van der Waals surface area (Å²) in [6, 6.07) is 0. The van der Waals surface area contributed by atoms with E-state index in [-0.39, 0.29) is 0 Å². The zero-order valence-corrected chi connectivity index (χ0v) is 10.7. The van der Waals surface area contributed by atoms with Gasteiger partial charge in [0.05, 0.1) is 17.9 Å². The van der Waals surface area contributed by atoms with E-state index >= 15 is 0 Å². The summed E-state index contributed by atoms with van der Waals surface area (Å²) in [5.41, 5.74) is 1.57. The quantitative estimate of drug-likeness (QED) is 0.499. The maximum Gasteiger partial charge on any atom is 0.152 e. The minimum Gasteiger partial charge on any atom is -0.491 e. The highest BCUT2D eigenvalue weighted by atomic mass is 16.5. The van der Waals surface area contributed by atoms with E-state index in [0.29, 0.717) is 24.5 Å². The number of hydrogen-bond donors (Lipinski definition) is 2. The van der Waals surface area contributed by atoms with Gasteiger partial charge in [0.2, 0.25) is 0 Å². The molecule has 0 aliphatic carbocycles. The number of rotatable bonds is 8. The number of carbonyl (C=O) groups is 1. The molecule has 1 rings (SSSR count). The van der Waals surface area contributed by atoms with E-state index in [2.05, 4.69) is 24.5 Å². The largest absolute Gasteiger partial charge is 0.491 e. The summed E-state index contributed by atoms with van der Waals surface area (Å²) in [7, 11) is 0. The van der Waals surface area contributed by atoms with Gasteiger partial charge in [0.25, 0.3) is 0 Å². The van der Waals surface area contributed by atoms with Crippen molar-refractivity contribution < 1.29 is 9.53 Å². The molecular weight excluding hydrogens is 216 g/mol. The molecule has 0 bridgehead atoms. The van der Waals surface area contributed by atoms with Crippen LogP contribution in [0.2, 0.25) is 0 Å². The topological polar surface area (TPSA) is 50.4 Å². The highest BCUT2D eigenvalue weighted by molar-refractivity contribution is 5.76. The Morgan fingerprint density at radius 2 is 2.29 bits per heavy atom. The standard InChI is InChI=1S/C13H22N2O2/c1-3-5-6-15-12-9-14-8-11(10-16)13(12)17-7-4-2/h9-10,14-15H,3-8H2,1-2H3. The number of unbranched alkanes of at least 4 members (excludes halogenated alkanes) is 1. The number of nitrogens with one attached hydrogen (secondary N) is 2. The first-order valence-electron chi connectivity index (χ1n) is 6.32. The van der Waals surface area contributed by atoms with Gasteiger partial charge >= 0.3 is 0 Å². The van der Waals surface area contributed by atoms with Gasteiger partial charge in [-0.1, -0.05) is 20.3 Å². The summed E-state index contributed by atoms with van der Waals surface area (Å²) in [4.78, 5) is 11.0. The lowest BCUT2D eigenvalue weighted by molar-refractivity contribution is -0.105. The fourth-order valence-electron chi connectivity index (χ4n) is 1.58. The van der Waals surface area contributed by atoms with Crippen molar-refractivity contribution in [3.63, 3.8) is 0 Å². The Hall–Kier alpha value is -1.45. The molecule has 17 heavy (non-hydrogen) atoms. The van der Waals surface area contributed by atoms with Crippen LogP contribution in [-0.2, 0) is 9.53 Å². The molecule has 0 aromatic heterocycles. The molecule has 4 nitrogen and oxygen atoms in total. The van der Waals surface area contributed by atoms with Gasteiger partial charge in [-0.05, 0) is 12.8 Å². The van der Waals surface area contributed by atoms with E-state index < -0.39 is 0 Å². The van der Waals surface area contributed by atoms with Crippen LogP contribution in [0.3, 0.4) is 0 Å². The molecule has 0 unspecified atom stereocenters. The lowest BCUT2D eigenvalue weighted by Gasteiger charge is -2.21. The highest BCUT2D eigenvalue weighted by Gasteiger charge is 2.16. The number of aldehydes is 1. The molecule has 0 saturated carbocycles. The minimum atomic E-state index is 0.543. The summed E-state index contributed by atoms with van der Waals surface area (Å²) in [6.07, 6.45) is 5.93. The second-order valence-corrected chi connectivity index (χ2v) is 4.04. The Kier molecular flexibility index (Phi) is 6.22. The van der Waals surface area contributed by atoms with Gasteiger partial charge < -0.3 is 15.4 Å². The molecule has 0 spiro atoms. The van der Waals surface area contributed by atoms with Crippen LogP contribution in [0.5, 0.6) is 0 Å². The van der Waals surface area contributed by atoms with Crippen molar-refractivity contribution in [2.24, 2.45) is 0 Å². The van der Waals surface area contributed by atoms with Crippen molar-refractivity contribution in [3.8, 4) is 0 Å². The molecule has 0 fully saturated rings. The van der Waals surface area contributed by atoms with Gasteiger partial charge in [-0.25, -0.2) is 0 Å². The van der Waals surface area contributed by atoms with Crippen molar-refractivity contribution in [1.29, 1.82) is 0 Å². The van der Waals surface area contributed by atoms with Crippen molar-refractivity contribution in [2.75, 3.05) is 19.7 Å². The third-order valence-corrected chi connectivity index (χ3v) is 2.51. The first-order chi connectivity index (χ1) is 8.33. The van der Waals surface area contributed by atoms with Crippen LogP contribution in [0.4, 0.5) is 0 Å². The molecule has 0 radical (unpaired) electrons. The monoisotopic (exact) mass is 238 g/mol. The van der Waals surface area contributed by atoms with E-state index in [1.165, 1.54) is 0 Å². The number of carbonyl (C=O) groups excluding carboxylic acids is 1. The van der Waals surface area contributed by atoms with Crippen LogP contribution in [0.1, 0.15) is 33.1 Å². The second-order valence-electron chi connectivity index (χ2n) is 4.04. The Labute approximate surface area is 103 Å². The van der Waals surface area contributed by atoms with Crippen molar-refractivity contribution in [2.45, 2.75) is 33.1 Å². The van der Waals surface area contributed by atoms with Gasteiger partial charge in [0.1, 0.15) is 0 Å². The summed E-state index contributed by atoms with van der Waals surface area (Å²) in [5.74, 6) is 0.705. The third kappa shape index (κ3) is 4.13. The zero-order chi connectivity index (χ0) is 12.5. The molecule has 0 amide bonds. The second kappa shape index (κ2) is 7.76. The van der Waals surface area contributed by atoms with Gasteiger partial charge in [0, 0.05) is 19.3 Å². The predicted octanol–water partition coefficient (Wildman–Crippen LogP) is 1.70. The first-order valence-corrected chi connectivity index (χ1v) is 6.32. The van der Waals surface area contributed by atoms with E-state index in [4.69, 9.17) is 4.74 Å². The Bertz CT molecular complexity index is 309. The van der Waals surface area contributed by atoms with Crippen LogP contribution in [-0.4, -0.2) is 26.0 Å². The average Bonchev–Trinajstić information content (AvgIpc) is 2.37. The number of dihydropyridines is 1. The van der Waals surface area contributed by atoms with Gasteiger partial charge in [-0.3, -0.25) is 4.79 Å². The Balaban J connectivity index is 2.67. The predicted molar refractivity (Wildman–Crippen MR) is 68.3 cm³/mol. The van der Waals surface area contributed by atoms with E-state index in [1.54, 1.807) is 0 Å². The number of hydrogen-bond acceptors (Lipinski definition) is 4. The smallest absolute Gasteiger partial charge is 0.152 e. The Morgan fingerprint density at radius 3 is 2.94 bits per heavy atom. The van der Waals surface area contributed by atoms with Gasteiger partial charge in [-0.15, -0.1) is 0 Å².